The summed E-state index contributed by atoms with van der Waals surface area (Å²) in [6.07, 6.45) is 0. The Kier molecular flexibility index (Phi) is 7.00. The van der Waals surface area contributed by atoms with Gasteiger partial charge >= 0.3 is 0 Å². The number of nitrogens with one attached hydrogen (secondary N) is 1. The van der Waals surface area contributed by atoms with Crippen molar-refractivity contribution in [3.63, 3.8) is 0 Å². The summed E-state index contributed by atoms with van der Waals surface area (Å²) < 4.78 is 11.4. The molecule has 3 aromatic rings. The molecule has 28 heavy (non-hydrogen) atoms. The Morgan fingerprint density at radius 1 is 0.964 bits per heavy atom. The smallest absolute Gasteiger partial charge is 0.220 e. The number of benzene rings is 2. The van der Waals surface area contributed by atoms with Gasteiger partial charge in [0, 0.05) is 31.3 Å². The molecule has 0 fully saturated rings. The highest BCUT2D eigenvalue weighted by atomic mass is 16.5. The van der Waals surface area contributed by atoms with Crippen molar-refractivity contribution in [2.24, 2.45) is 5.73 Å². The Labute approximate surface area is 166 Å². The van der Waals surface area contributed by atoms with Gasteiger partial charge in [-0.05, 0) is 35.2 Å². The highest BCUT2D eigenvalue weighted by Gasteiger charge is 2.09. The van der Waals surface area contributed by atoms with E-state index in [0.29, 0.717) is 31.5 Å². The van der Waals surface area contributed by atoms with Crippen LogP contribution >= 0.6 is 0 Å². The van der Waals surface area contributed by atoms with Crippen LogP contribution in [0.3, 0.4) is 0 Å². The lowest BCUT2D eigenvalue weighted by molar-refractivity contribution is 0.285. The van der Waals surface area contributed by atoms with Crippen LogP contribution in [0.5, 0.6) is 11.8 Å². The fraction of sp³-hybridized carbons (Fsp3) is 0.261. The van der Waals surface area contributed by atoms with Gasteiger partial charge in [-0.1, -0.05) is 48.5 Å². The average molecular weight is 377 g/mol. The summed E-state index contributed by atoms with van der Waals surface area (Å²) in [5.74, 6) is 1.11. The number of aromatic nitrogens is 1. The molecular weight excluding hydrogens is 350 g/mol. The van der Waals surface area contributed by atoms with Crippen molar-refractivity contribution < 1.29 is 9.47 Å². The lowest BCUT2D eigenvalue weighted by Gasteiger charge is -2.14. The van der Waals surface area contributed by atoms with Crippen molar-refractivity contribution in [2.45, 2.75) is 20.1 Å². The molecule has 0 amide bonds. The Balaban J connectivity index is 1.72. The number of rotatable bonds is 9. The van der Waals surface area contributed by atoms with E-state index in [9.17, 15) is 0 Å². The average Bonchev–Trinajstić information content (AvgIpc) is 2.74. The van der Waals surface area contributed by atoms with Gasteiger partial charge in [0.05, 0.1) is 7.11 Å². The number of hydrogen-bond acceptors (Lipinski definition) is 5. The van der Waals surface area contributed by atoms with Gasteiger partial charge in [-0.25, -0.2) is 0 Å². The molecule has 0 unspecified atom stereocenters. The molecule has 1 heterocycles. The first kappa shape index (κ1) is 19.9. The minimum Gasteiger partial charge on any atom is -0.481 e. The van der Waals surface area contributed by atoms with Crippen LogP contribution in [0, 0.1) is 6.92 Å². The summed E-state index contributed by atoms with van der Waals surface area (Å²) in [5.41, 5.74) is 11.3. The molecule has 0 atom stereocenters. The highest BCUT2D eigenvalue weighted by Crippen LogP contribution is 2.27. The zero-order valence-corrected chi connectivity index (χ0v) is 16.4. The van der Waals surface area contributed by atoms with E-state index in [1.54, 1.807) is 7.11 Å². The SMILES string of the molecule is COc1nc(OCc2cccc(-c3ccccc3)c2C)ccc1CNCCN. The molecule has 0 bridgehead atoms. The lowest BCUT2D eigenvalue weighted by Crippen LogP contribution is -2.22. The number of nitrogens with zero attached hydrogens (tertiary/aromatic N) is 1. The van der Waals surface area contributed by atoms with Gasteiger partial charge in [-0.2, -0.15) is 4.98 Å². The molecule has 1 aromatic heterocycles. The van der Waals surface area contributed by atoms with Gasteiger partial charge < -0.3 is 20.5 Å². The molecule has 0 aliphatic rings. The fourth-order valence-electron chi connectivity index (χ4n) is 3.09. The Bertz CT molecular complexity index is 898. The third-order valence-electron chi connectivity index (χ3n) is 4.65. The third kappa shape index (κ3) is 4.88. The van der Waals surface area contributed by atoms with Crippen molar-refractivity contribution in [2.75, 3.05) is 20.2 Å². The Morgan fingerprint density at radius 2 is 1.79 bits per heavy atom. The standard InChI is InChI=1S/C23H27N3O2/c1-17-20(9-6-10-21(17)18-7-4-3-5-8-18)16-28-22-12-11-19(15-25-14-13-24)23(26-22)27-2/h3-12,25H,13-16,24H2,1-2H3. The molecule has 0 radical (unpaired) electrons. The molecule has 3 N–H and O–H groups in total. The molecule has 5 nitrogen and oxygen atoms in total. The zero-order valence-electron chi connectivity index (χ0n) is 16.4. The molecule has 2 aromatic carbocycles. The van der Waals surface area contributed by atoms with Crippen LogP contribution in [0.15, 0.2) is 60.7 Å². The highest BCUT2D eigenvalue weighted by molar-refractivity contribution is 5.68. The topological polar surface area (TPSA) is 69.4 Å². The minimum atomic E-state index is 0.452. The molecule has 3 rings (SSSR count). The molecule has 0 saturated heterocycles. The summed E-state index contributed by atoms with van der Waals surface area (Å²) in [5, 5.41) is 3.25. The molecule has 0 saturated carbocycles. The van der Waals surface area contributed by atoms with E-state index < -0.39 is 0 Å². The van der Waals surface area contributed by atoms with Crippen LogP contribution in [0.2, 0.25) is 0 Å². The van der Waals surface area contributed by atoms with Crippen molar-refractivity contribution in [1.29, 1.82) is 0 Å². The number of methoxy groups -OCH3 is 1. The summed E-state index contributed by atoms with van der Waals surface area (Å²) in [6, 6.07) is 20.5. The quantitative estimate of drug-likeness (QED) is 0.557. The summed E-state index contributed by atoms with van der Waals surface area (Å²) in [7, 11) is 1.62. The van der Waals surface area contributed by atoms with E-state index >= 15 is 0 Å². The number of nitrogens with two attached hydrogens (primary N) is 1. The maximum Gasteiger partial charge on any atom is 0.220 e. The maximum absolute atomic E-state index is 5.96. The predicted molar refractivity (Wildman–Crippen MR) is 112 cm³/mol. The summed E-state index contributed by atoms with van der Waals surface area (Å²) in [4.78, 5) is 4.48. The third-order valence-corrected chi connectivity index (χ3v) is 4.65. The van der Waals surface area contributed by atoms with Crippen LogP contribution in [-0.4, -0.2) is 25.2 Å². The zero-order chi connectivity index (χ0) is 19.8. The molecular formula is C23H27N3O2. The van der Waals surface area contributed by atoms with Gasteiger partial charge in [-0.15, -0.1) is 0 Å². The normalized spacial score (nSPS) is 10.7. The molecule has 0 spiro atoms. The second kappa shape index (κ2) is 9.88. The van der Waals surface area contributed by atoms with Gasteiger partial charge in [0.1, 0.15) is 6.61 Å². The van der Waals surface area contributed by atoms with Gasteiger partial charge in [0.25, 0.3) is 0 Å². The van der Waals surface area contributed by atoms with Crippen molar-refractivity contribution in [3.8, 4) is 22.9 Å². The van der Waals surface area contributed by atoms with Crippen LogP contribution in [0.25, 0.3) is 11.1 Å². The van der Waals surface area contributed by atoms with Crippen molar-refractivity contribution >= 4 is 0 Å². The number of pyridine rings is 1. The second-order valence-electron chi connectivity index (χ2n) is 6.53. The number of ether oxygens (including phenoxy) is 2. The van der Waals surface area contributed by atoms with Crippen LogP contribution in [-0.2, 0) is 13.2 Å². The van der Waals surface area contributed by atoms with E-state index in [0.717, 1.165) is 17.7 Å². The van der Waals surface area contributed by atoms with E-state index in [-0.39, 0.29) is 0 Å². The fourth-order valence-corrected chi connectivity index (χ4v) is 3.09. The number of hydrogen-bond donors (Lipinski definition) is 2. The monoisotopic (exact) mass is 377 g/mol. The Morgan fingerprint density at radius 3 is 2.54 bits per heavy atom. The lowest BCUT2D eigenvalue weighted by atomic mass is 9.97. The first-order valence-electron chi connectivity index (χ1n) is 9.44. The van der Waals surface area contributed by atoms with Crippen LogP contribution < -0.4 is 20.5 Å². The summed E-state index contributed by atoms with van der Waals surface area (Å²) in [6.45, 7) is 4.58. The predicted octanol–water partition coefficient (Wildman–Crippen LogP) is 3.69. The van der Waals surface area contributed by atoms with Crippen molar-refractivity contribution in [1.82, 2.24) is 10.3 Å². The first-order valence-corrected chi connectivity index (χ1v) is 9.44. The van der Waals surface area contributed by atoms with Crippen LogP contribution in [0.1, 0.15) is 16.7 Å². The molecule has 0 aliphatic carbocycles. The molecule has 0 aliphatic heterocycles. The maximum atomic E-state index is 5.96. The van der Waals surface area contributed by atoms with Gasteiger partial charge in [0.2, 0.25) is 11.8 Å². The van der Waals surface area contributed by atoms with Gasteiger partial charge in [0.15, 0.2) is 0 Å². The first-order chi connectivity index (χ1) is 13.7. The van der Waals surface area contributed by atoms with E-state index in [1.807, 2.05) is 18.2 Å². The van der Waals surface area contributed by atoms with Crippen molar-refractivity contribution in [3.05, 3.63) is 77.4 Å². The molecule has 5 heteroatoms. The largest absolute Gasteiger partial charge is 0.481 e. The summed E-state index contributed by atoms with van der Waals surface area (Å²) >= 11 is 0. The van der Waals surface area contributed by atoms with Crippen LogP contribution in [0.4, 0.5) is 0 Å². The van der Waals surface area contributed by atoms with E-state index in [4.69, 9.17) is 15.2 Å². The van der Waals surface area contributed by atoms with Gasteiger partial charge in [-0.3, -0.25) is 0 Å². The molecule has 146 valence electrons. The Hall–Kier alpha value is -2.89. The van der Waals surface area contributed by atoms with E-state index in [1.165, 1.54) is 16.7 Å². The minimum absolute atomic E-state index is 0.452. The second-order valence-corrected chi connectivity index (χ2v) is 6.53. The van der Waals surface area contributed by atoms with E-state index in [2.05, 4.69) is 59.7 Å².